The lowest BCUT2D eigenvalue weighted by atomic mass is 9.89. The van der Waals surface area contributed by atoms with Crippen LogP contribution >= 0.6 is 0 Å². The van der Waals surface area contributed by atoms with Crippen molar-refractivity contribution in [1.82, 2.24) is 0 Å². The molecule has 1 unspecified atom stereocenters. The first-order valence-corrected chi connectivity index (χ1v) is 6.34. The molecule has 1 aromatic rings. The zero-order chi connectivity index (χ0) is 13.1. The maximum atomic E-state index is 10.2. The SMILES string of the molecule is CCN(CC(O)C(C)(C)C)c1ccc(C)cc1. The Kier molecular flexibility index (Phi) is 4.58. The Bertz CT molecular complexity index is 337. The number of aliphatic hydroxyl groups is 1. The highest BCUT2D eigenvalue weighted by atomic mass is 16.3. The Morgan fingerprint density at radius 1 is 1.18 bits per heavy atom. The first-order chi connectivity index (χ1) is 7.84. The van der Waals surface area contributed by atoms with Crippen molar-refractivity contribution in [1.29, 1.82) is 0 Å². The van der Waals surface area contributed by atoms with E-state index in [-0.39, 0.29) is 11.5 Å². The largest absolute Gasteiger partial charge is 0.391 e. The topological polar surface area (TPSA) is 23.5 Å². The monoisotopic (exact) mass is 235 g/mol. The third kappa shape index (κ3) is 4.04. The maximum Gasteiger partial charge on any atom is 0.0763 e. The molecule has 0 aliphatic carbocycles. The predicted molar refractivity (Wildman–Crippen MR) is 74.5 cm³/mol. The van der Waals surface area contributed by atoms with Crippen LogP contribution < -0.4 is 4.90 Å². The molecule has 0 saturated heterocycles. The van der Waals surface area contributed by atoms with Gasteiger partial charge in [0.1, 0.15) is 0 Å². The lowest BCUT2D eigenvalue weighted by molar-refractivity contribution is 0.0691. The molecule has 1 N–H and O–H groups in total. The van der Waals surface area contributed by atoms with E-state index in [1.165, 1.54) is 11.3 Å². The molecule has 1 rings (SSSR count). The number of rotatable bonds is 4. The summed E-state index contributed by atoms with van der Waals surface area (Å²) in [6.45, 7) is 12.0. The van der Waals surface area contributed by atoms with Crippen molar-refractivity contribution in [3.8, 4) is 0 Å². The summed E-state index contributed by atoms with van der Waals surface area (Å²) < 4.78 is 0. The summed E-state index contributed by atoms with van der Waals surface area (Å²) in [7, 11) is 0. The normalized spacial score (nSPS) is 13.5. The molecule has 0 aromatic heterocycles. The van der Waals surface area contributed by atoms with Gasteiger partial charge >= 0.3 is 0 Å². The van der Waals surface area contributed by atoms with Gasteiger partial charge in [-0.2, -0.15) is 0 Å². The average Bonchev–Trinajstić information content (AvgIpc) is 2.25. The van der Waals surface area contributed by atoms with Crippen LogP contribution in [0.5, 0.6) is 0 Å². The van der Waals surface area contributed by atoms with E-state index in [1.54, 1.807) is 0 Å². The standard InChI is InChI=1S/C15H25NO/c1-6-16(11-14(17)15(3,4)5)13-9-7-12(2)8-10-13/h7-10,14,17H,6,11H2,1-5H3. The molecule has 0 spiro atoms. The number of aryl methyl sites for hydroxylation is 1. The third-order valence-corrected chi connectivity index (χ3v) is 3.17. The van der Waals surface area contributed by atoms with E-state index in [0.717, 1.165) is 6.54 Å². The first-order valence-electron chi connectivity index (χ1n) is 6.34. The van der Waals surface area contributed by atoms with Crippen LogP contribution in [0.4, 0.5) is 5.69 Å². The Hall–Kier alpha value is -1.02. The van der Waals surface area contributed by atoms with Crippen LogP contribution in [0.1, 0.15) is 33.3 Å². The van der Waals surface area contributed by atoms with E-state index in [4.69, 9.17) is 0 Å². The van der Waals surface area contributed by atoms with Gasteiger partial charge in [-0.25, -0.2) is 0 Å². The van der Waals surface area contributed by atoms with E-state index < -0.39 is 0 Å². The van der Waals surface area contributed by atoms with E-state index in [9.17, 15) is 5.11 Å². The number of hydrogen-bond donors (Lipinski definition) is 1. The van der Waals surface area contributed by atoms with E-state index >= 15 is 0 Å². The van der Waals surface area contributed by atoms with Gasteiger partial charge < -0.3 is 10.0 Å². The lowest BCUT2D eigenvalue weighted by Gasteiger charge is -2.32. The third-order valence-electron chi connectivity index (χ3n) is 3.17. The number of nitrogens with zero attached hydrogens (tertiary/aromatic N) is 1. The second-order valence-electron chi connectivity index (χ2n) is 5.76. The highest BCUT2D eigenvalue weighted by Crippen LogP contribution is 2.22. The molecule has 17 heavy (non-hydrogen) atoms. The van der Waals surface area contributed by atoms with Crippen LogP contribution in [-0.2, 0) is 0 Å². The molecule has 1 atom stereocenters. The summed E-state index contributed by atoms with van der Waals surface area (Å²) >= 11 is 0. The van der Waals surface area contributed by atoms with Gasteiger partial charge in [0.15, 0.2) is 0 Å². The average molecular weight is 235 g/mol. The summed E-state index contributed by atoms with van der Waals surface area (Å²) in [5, 5.41) is 10.2. The van der Waals surface area contributed by atoms with Crippen molar-refractivity contribution in [2.75, 3.05) is 18.0 Å². The molecule has 96 valence electrons. The molecule has 0 fully saturated rings. The van der Waals surface area contributed by atoms with Crippen LogP contribution in [0.2, 0.25) is 0 Å². The minimum absolute atomic E-state index is 0.0713. The zero-order valence-corrected chi connectivity index (χ0v) is 11.7. The van der Waals surface area contributed by atoms with E-state index in [1.807, 2.05) is 0 Å². The van der Waals surface area contributed by atoms with E-state index in [0.29, 0.717) is 6.54 Å². The van der Waals surface area contributed by atoms with Gasteiger partial charge in [-0.1, -0.05) is 38.5 Å². The van der Waals surface area contributed by atoms with Crippen LogP contribution in [-0.4, -0.2) is 24.3 Å². The van der Waals surface area contributed by atoms with Crippen LogP contribution in [0.15, 0.2) is 24.3 Å². The summed E-state index contributed by atoms with van der Waals surface area (Å²) in [5.41, 5.74) is 2.38. The molecule has 2 nitrogen and oxygen atoms in total. The lowest BCUT2D eigenvalue weighted by Crippen LogP contribution is -2.39. The Balaban J connectivity index is 2.75. The number of likely N-dealkylation sites (N-methyl/N-ethyl adjacent to an activating group) is 1. The van der Waals surface area contributed by atoms with E-state index in [2.05, 4.69) is 63.8 Å². The minimum Gasteiger partial charge on any atom is -0.391 e. The smallest absolute Gasteiger partial charge is 0.0763 e. The molecule has 0 bridgehead atoms. The Morgan fingerprint density at radius 3 is 2.12 bits per heavy atom. The van der Waals surface area contributed by atoms with Gasteiger partial charge in [0, 0.05) is 18.8 Å². The molecule has 0 heterocycles. The van der Waals surface area contributed by atoms with Crippen molar-refractivity contribution in [2.24, 2.45) is 5.41 Å². The van der Waals surface area contributed by atoms with Gasteiger partial charge in [0.25, 0.3) is 0 Å². The minimum atomic E-state index is -0.316. The molecular weight excluding hydrogens is 210 g/mol. The maximum absolute atomic E-state index is 10.2. The molecule has 0 saturated carbocycles. The summed E-state index contributed by atoms with van der Waals surface area (Å²) in [4.78, 5) is 2.22. The number of anilines is 1. The van der Waals surface area contributed by atoms with Crippen molar-refractivity contribution in [2.45, 2.75) is 40.7 Å². The second-order valence-corrected chi connectivity index (χ2v) is 5.76. The van der Waals surface area contributed by atoms with Gasteiger partial charge in [0.2, 0.25) is 0 Å². The second kappa shape index (κ2) is 5.54. The first kappa shape index (κ1) is 14.0. The Labute approximate surface area is 105 Å². The van der Waals surface area contributed by atoms with Gasteiger partial charge in [0.05, 0.1) is 6.10 Å². The van der Waals surface area contributed by atoms with Crippen LogP contribution in [0.25, 0.3) is 0 Å². The molecule has 1 aromatic carbocycles. The van der Waals surface area contributed by atoms with Crippen molar-refractivity contribution >= 4 is 5.69 Å². The zero-order valence-electron chi connectivity index (χ0n) is 11.7. The van der Waals surface area contributed by atoms with Crippen LogP contribution in [0, 0.1) is 12.3 Å². The Morgan fingerprint density at radius 2 is 1.71 bits per heavy atom. The molecule has 0 amide bonds. The fraction of sp³-hybridized carbons (Fsp3) is 0.600. The number of benzene rings is 1. The van der Waals surface area contributed by atoms with Crippen molar-refractivity contribution < 1.29 is 5.11 Å². The quantitative estimate of drug-likeness (QED) is 0.866. The fourth-order valence-electron chi connectivity index (χ4n) is 1.66. The van der Waals surface area contributed by atoms with Crippen molar-refractivity contribution in [3.05, 3.63) is 29.8 Å². The molecule has 0 aliphatic rings. The molecular formula is C15H25NO. The van der Waals surface area contributed by atoms with Crippen molar-refractivity contribution in [3.63, 3.8) is 0 Å². The molecule has 0 radical (unpaired) electrons. The fourth-order valence-corrected chi connectivity index (χ4v) is 1.66. The number of aliphatic hydroxyl groups excluding tert-OH is 1. The highest BCUT2D eigenvalue weighted by molar-refractivity contribution is 5.47. The summed E-state index contributed by atoms with van der Waals surface area (Å²) in [6.07, 6.45) is -0.316. The molecule has 0 aliphatic heterocycles. The van der Waals surface area contributed by atoms with Gasteiger partial charge in [-0.05, 0) is 31.4 Å². The summed E-state index contributed by atoms with van der Waals surface area (Å²) in [6, 6.07) is 8.46. The predicted octanol–water partition coefficient (Wildman–Crippen LogP) is 3.23. The van der Waals surface area contributed by atoms with Gasteiger partial charge in [-0.3, -0.25) is 0 Å². The highest BCUT2D eigenvalue weighted by Gasteiger charge is 2.24. The summed E-state index contributed by atoms with van der Waals surface area (Å²) in [5.74, 6) is 0. The van der Waals surface area contributed by atoms with Gasteiger partial charge in [-0.15, -0.1) is 0 Å². The van der Waals surface area contributed by atoms with Crippen LogP contribution in [0.3, 0.4) is 0 Å². The molecule has 2 heteroatoms. The number of hydrogen-bond acceptors (Lipinski definition) is 2.